The van der Waals surface area contributed by atoms with E-state index in [2.05, 4.69) is 0 Å². The van der Waals surface area contributed by atoms with Gasteiger partial charge in [0.15, 0.2) is 0 Å². The van der Waals surface area contributed by atoms with Gasteiger partial charge in [0.1, 0.15) is 0 Å². The first-order valence-corrected chi connectivity index (χ1v) is 3.56. The normalized spacial score (nSPS) is 29.8. The molecule has 0 saturated heterocycles. The van der Waals surface area contributed by atoms with E-state index in [1.807, 2.05) is 0 Å². The highest BCUT2D eigenvalue weighted by atomic mass is 16.1. The van der Waals surface area contributed by atoms with Crippen LogP contribution in [0.25, 0.3) is 0 Å². The molecule has 2 rings (SSSR count). The van der Waals surface area contributed by atoms with Crippen molar-refractivity contribution >= 4 is 5.91 Å². The number of amides is 1. The molecule has 2 saturated carbocycles. The van der Waals surface area contributed by atoms with Crippen LogP contribution in [0.5, 0.6) is 0 Å². The van der Waals surface area contributed by atoms with Gasteiger partial charge in [-0.3, -0.25) is 4.79 Å². The Bertz CT molecular complexity index is 156. The Labute approximate surface area is 54.4 Å². The molecule has 0 aromatic rings. The highest BCUT2D eigenvalue weighted by Gasteiger charge is 2.58. The Hall–Kier alpha value is -0.530. The van der Waals surface area contributed by atoms with Crippen molar-refractivity contribution in [3.05, 3.63) is 0 Å². The molecule has 0 aliphatic heterocycles. The third kappa shape index (κ3) is 0.590. The molecule has 0 spiro atoms. The van der Waals surface area contributed by atoms with E-state index in [0.29, 0.717) is 5.92 Å². The van der Waals surface area contributed by atoms with Gasteiger partial charge < -0.3 is 5.73 Å². The van der Waals surface area contributed by atoms with Gasteiger partial charge in [-0.15, -0.1) is 0 Å². The summed E-state index contributed by atoms with van der Waals surface area (Å²) in [5.74, 6) is 0.625. The van der Waals surface area contributed by atoms with Crippen molar-refractivity contribution in [2.24, 2.45) is 17.1 Å². The first-order valence-electron chi connectivity index (χ1n) is 3.56. The molecule has 2 aliphatic rings. The molecule has 0 bridgehead atoms. The maximum Gasteiger partial charge on any atom is 0.223 e. The van der Waals surface area contributed by atoms with Gasteiger partial charge in [-0.1, -0.05) is 0 Å². The molecular formula is C7H11NO. The highest BCUT2D eigenvalue weighted by molar-refractivity contribution is 5.84. The largest absolute Gasteiger partial charge is 0.369 e. The van der Waals surface area contributed by atoms with Gasteiger partial charge in [0, 0.05) is 0 Å². The number of hydrogen-bond donors (Lipinski definition) is 1. The molecule has 0 radical (unpaired) electrons. The fourth-order valence-electron chi connectivity index (χ4n) is 1.63. The minimum atomic E-state index is -0.0509. The zero-order valence-electron chi connectivity index (χ0n) is 5.39. The molecule has 2 fully saturated rings. The molecule has 2 N–H and O–H groups in total. The SMILES string of the molecule is NC(=O)C1(C2CC2)CC1. The quantitative estimate of drug-likeness (QED) is 0.579. The molecule has 9 heavy (non-hydrogen) atoms. The molecule has 0 unspecified atom stereocenters. The van der Waals surface area contributed by atoms with Crippen LogP contribution < -0.4 is 5.73 Å². The van der Waals surface area contributed by atoms with Gasteiger partial charge in [0.2, 0.25) is 5.91 Å². The molecule has 2 heteroatoms. The molecule has 2 aliphatic carbocycles. The second-order valence-electron chi connectivity index (χ2n) is 3.29. The van der Waals surface area contributed by atoms with E-state index in [9.17, 15) is 4.79 Å². The number of carbonyl (C=O) groups excluding carboxylic acids is 1. The zero-order valence-corrected chi connectivity index (χ0v) is 5.39. The number of rotatable bonds is 2. The van der Waals surface area contributed by atoms with Crippen LogP contribution in [0.1, 0.15) is 25.7 Å². The van der Waals surface area contributed by atoms with Crippen LogP contribution in [0.2, 0.25) is 0 Å². The van der Waals surface area contributed by atoms with Crippen molar-refractivity contribution < 1.29 is 4.79 Å². The van der Waals surface area contributed by atoms with Crippen molar-refractivity contribution in [3.63, 3.8) is 0 Å². The van der Waals surface area contributed by atoms with Gasteiger partial charge in [-0.25, -0.2) is 0 Å². The van der Waals surface area contributed by atoms with Gasteiger partial charge in [0.25, 0.3) is 0 Å². The van der Waals surface area contributed by atoms with E-state index in [1.54, 1.807) is 0 Å². The lowest BCUT2D eigenvalue weighted by molar-refractivity contribution is -0.123. The minimum absolute atomic E-state index is 0.000000000000000222. The molecular weight excluding hydrogens is 114 g/mol. The molecule has 0 aromatic heterocycles. The maximum absolute atomic E-state index is 10.8. The average molecular weight is 125 g/mol. The lowest BCUT2D eigenvalue weighted by atomic mass is 10.0. The summed E-state index contributed by atoms with van der Waals surface area (Å²) in [5, 5.41) is 0. The smallest absolute Gasteiger partial charge is 0.223 e. The minimum Gasteiger partial charge on any atom is -0.369 e. The van der Waals surface area contributed by atoms with E-state index >= 15 is 0 Å². The van der Waals surface area contributed by atoms with Gasteiger partial charge in [-0.2, -0.15) is 0 Å². The van der Waals surface area contributed by atoms with Crippen molar-refractivity contribution in [1.29, 1.82) is 0 Å². The maximum atomic E-state index is 10.8. The molecule has 0 heterocycles. The summed E-state index contributed by atoms with van der Waals surface area (Å²) in [6, 6.07) is 0. The van der Waals surface area contributed by atoms with Crippen LogP contribution in [0.4, 0.5) is 0 Å². The zero-order chi connectivity index (χ0) is 6.48. The Morgan fingerprint density at radius 3 is 2.11 bits per heavy atom. The molecule has 1 amide bonds. The first kappa shape index (κ1) is 5.27. The van der Waals surface area contributed by atoms with E-state index in [-0.39, 0.29) is 11.3 Å². The molecule has 2 nitrogen and oxygen atoms in total. The summed E-state index contributed by atoms with van der Waals surface area (Å²) in [5.41, 5.74) is 5.23. The summed E-state index contributed by atoms with van der Waals surface area (Å²) >= 11 is 0. The predicted molar refractivity (Wildman–Crippen MR) is 33.6 cm³/mol. The fraction of sp³-hybridized carbons (Fsp3) is 0.857. The van der Waals surface area contributed by atoms with E-state index in [4.69, 9.17) is 5.73 Å². The molecule has 0 aromatic carbocycles. The second kappa shape index (κ2) is 1.31. The highest BCUT2D eigenvalue weighted by Crippen LogP contribution is 2.60. The Morgan fingerprint density at radius 2 is 2.00 bits per heavy atom. The van der Waals surface area contributed by atoms with E-state index < -0.39 is 0 Å². The van der Waals surface area contributed by atoms with Gasteiger partial charge in [-0.05, 0) is 31.6 Å². The Kier molecular flexibility index (Phi) is 0.765. The summed E-state index contributed by atoms with van der Waals surface area (Å²) in [7, 11) is 0. The number of carbonyl (C=O) groups is 1. The first-order chi connectivity index (χ1) is 4.26. The third-order valence-electron chi connectivity index (χ3n) is 2.64. The lowest BCUT2D eigenvalue weighted by Crippen LogP contribution is -2.26. The standard InChI is InChI=1S/C7H11NO/c8-6(9)7(3-4-7)5-1-2-5/h5H,1-4H2,(H2,8,9). The van der Waals surface area contributed by atoms with Crippen molar-refractivity contribution in [2.75, 3.05) is 0 Å². The third-order valence-corrected chi connectivity index (χ3v) is 2.64. The van der Waals surface area contributed by atoms with Crippen LogP contribution in [-0.4, -0.2) is 5.91 Å². The van der Waals surface area contributed by atoms with Crippen LogP contribution in [0, 0.1) is 11.3 Å². The average Bonchev–Trinajstić information content (AvgIpc) is 2.61. The second-order valence-corrected chi connectivity index (χ2v) is 3.29. The summed E-state index contributed by atoms with van der Waals surface area (Å²) in [4.78, 5) is 10.8. The van der Waals surface area contributed by atoms with E-state index in [1.165, 1.54) is 12.8 Å². The Balaban J connectivity index is 2.12. The summed E-state index contributed by atoms with van der Waals surface area (Å²) in [6.07, 6.45) is 4.60. The van der Waals surface area contributed by atoms with Crippen molar-refractivity contribution in [1.82, 2.24) is 0 Å². The van der Waals surface area contributed by atoms with E-state index in [0.717, 1.165) is 12.8 Å². The van der Waals surface area contributed by atoms with Crippen LogP contribution >= 0.6 is 0 Å². The lowest BCUT2D eigenvalue weighted by Gasteiger charge is -2.05. The Morgan fingerprint density at radius 1 is 1.44 bits per heavy atom. The number of primary amides is 1. The fourth-order valence-corrected chi connectivity index (χ4v) is 1.63. The van der Waals surface area contributed by atoms with Crippen molar-refractivity contribution in [3.8, 4) is 0 Å². The van der Waals surface area contributed by atoms with Gasteiger partial charge in [0.05, 0.1) is 5.41 Å². The van der Waals surface area contributed by atoms with Crippen LogP contribution in [0.3, 0.4) is 0 Å². The number of hydrogen-bond acceptors (Lipinski definition) is 1. The van der Waals surface area contributed by atoms with Gasteiger partial charge >= 0.3 is 0 Å². The van der Waals surface area contributed by atoms with Crippen LogP contribution in [-0.2, 0) is 4.79 Å². The molecule has 50 valence electrons. The van der Waals surface area contributed by atoms with Crippen LogP contribution in [0.15, 0.2) is 0 Å². The topological polar surface area (TPSA) is 43.1 Å². The number of nitrogens with two attached hydrogens (primary N) is 1. The summed E-state index contributed by atoms with van der Waals surface area (Å²) < 4.78 is 0. The summed E-state index contributed by atoms with van der Waals surface area (Å²) in [6.45, 7) is 0. The monoisotopic (exact) mass is 125 g/mol. The predicted octanol–water partition coefficient (Wildman–Crippen LogP) is 0.662. The molecule has 0 atom stereocenters. The van der Waals surface area contributed by atoms with Crippen molar-refractivity contribution in [2.45, 2.75) is 25.7 Å².